The first-order valence-electron chi connectivity index (χ1n) is 9.33. The van der Waals surface area contributed by atoms with Crippen LogP contribution < -0.4 is 0 Å². The summed E-state index contributed by atoms with van der Waals surface area (Å²) in [6.07, 6.45) is 0. The largest absolute Gasteiger partial charge is 0.335 e. The van der Waals surface area contributed by atoms with Crippen molar-refractivity contribution in [2.45, 2.75) is 6.92 Å². The molecule has 0 saturated carbocycles. The maximum absolute atomic E-state index is 13.5. The molecule has 148 valence electrons. The number of rotatable bonds is 2. The summed E-state index contributed by atoms with van der Waals surface area (Å²) in [5.41, 5.74) is 1.98. The van der Waals surface area contributed by atoms with Gasteiger partial charge >= 0.3 is 0 Å². The fourth-order valence-electron chi connectivity index (χ4n) is 3.57. The molecule has 3 aromatic rings. The number of hydrogen-bond donors (Lipinski definition) is 0. The van der Waals surface area contributed by atoms with E-state index in [4.69, 9.17) is 0 Å². The van der Waals surface area contributed by atoms with Crippen LogP contribution in [0.5, 0.6) is 0 Å². The van der Waals surface area contributed by atoms with E-state index < -0.39 is 11.6 Å². The van der Waals surface area contributed by atoms with Crippen LogP contribution in [-0.4, -0.2) is 52.8 Å². The average molecular weight is 395 g/mol. The summed E-state index contributed by atoms with van der Waals surface area (Å²) in [4.78, 5) is 33.3. The van der Waals surface area contributed by atoms with E-state index in [0.29, 0.717) is 53.9 Å². The first kappa shape index (κ1) is 19.0. The summed E-state index contributed by atoms with van der Waals surface area (Å²) >= 11 is 0. The molecule has 2 amide bonds. The molecule has 29 heavy (non-hydrogen) atoms. The van der Waals surface area contributed by atoms with Gasteiger partial charge in [-0.15, -0.1) is 0 Å². The number of aryl methyl sites for hydroxylation is 1. The van der Waals surface area contributed by atoms with Crippen LogP contribution in [0.1, 0.15) is 26.4 Å². The molecule has 2 heterocycles. The zero-order chi connectivity index (χ0) is 20.5. The molecular weight excluding hydrogens is 376 g/mol. The van der Waals surface area contributed by atoms with Gasteiger partial charge in [-0.25, -0.2) is 8.78 Å². The van der Waals surface area contributed by atoms with Crippen molar-refractivity contribution in [2.75, 3.05) is 26.2 Å². The third-order valence-corrected chi connectivity index (χ3v) is 5.08. The zero-order valence-corrected chi connectivity index (χ0v) is 15.9. The van der Waals surface area contributed by atoms with E-state index in [0.717, 1.165) is 0 Å². The van der Waals surface area contributed by atoms with Crippen LogP contribution in [0.2, 0.25) is 0 Å². The normalized spacial score (nSPS) is 14.3. The van der Waals surface area contributed by atoms with E-state index in [1.165, 1.54) is 36.4 Å². The number of carbonyl (C=O) groups is 2. The Morgan fingerprint density at radius 2 is 1.41 bits per heavy atom. The molecule has 2 aromatic carbocycles. The number of halogens is 2. The summed E-state index contributed by atoms with van der Waals surface area (Å²) in [6, 6.07) is 11.3. The molecule has 0 unspecified atom stereocenters. The predicted octanol–water partition coefficient (Wildman–Crippen LogP) is 3.42. The number of fused-ring (bicyclic) bond motifs is 1. The minimum atomic E-state index is -0.401. The Balaban J connectivity index is 1.50. The second-order valence-electron chi connectivity index (χ2n) is 7.06. The highest BCUT2D eigenvalue weighted by atomic mass is 19.1. The van der Waals surface area contributed by atoms with Gasteiger partial charge in [0, 0.05) is 48.9 Å². The van der Waals surface area contributed by atoms with E-state index in [1.807, 2.05) is 0 Å². The van der Waals surface area contributed by atoms with Crippen LogP contribution in [0, 0.1) is 18.6 Å². The summed E-state index contributed by atoms with van der Waals surface area (Å²) in [7, 11) is 0. The maximum Gasteiger partial charge on any atom is 0.254 e. The Labute approximate surface area is 166 Å². The van der Waals surface area contributed by atoms with E-state index in [9.17, 15) is 18.4 Å². The van der Waals surface area contributed by atoms with E-state index in [2.05, 4.69) is 4.98 Å². The number of pyridine rings is 1. The molecule has 0 spiro atoms. The highest BCUT2D eigenvalue weighted by Crippen LogP contribution is 2.22. The van der Waals surface area contributed by atoms with Gasteiger partial charge in [0.15, 0.2) is 0 Å². The lowest BCUT2D eigenvalue weighted by atomic mass is 10.1. The fourth-order valence-corrected chi connectivity index (χ4v) is 3.57. The van der Waals surface area contributed by atoms with Crippen LogP contribution >= 0.6 is 0 Å². The van der Waals surface area contributed by atoms with Crippen molar-refractivity contribution in [1.29, 1.82) is 0 Å². The zero-order valence-electron chi connectivity index (χ0n) is 15.9. The molecule has 5 nitrogen and oxygen atoms in total. The van der Waals surface area contributed by atoms with Crippen molar-refractivity contribution in [3.63, 3.8) is 0 Å². The maximum atomic E-state index is 13.5. The molecule has 1 aromatic heterocycles. The average Bonchev–Trinajstić information content (AvgIpc) is 2.72. The van der Waals surface area contributed by atoms with Crippen LogP contribution in [-0.2, 0) is 0 Å². The van der Waals surface area contributed by atoms with Gasteiger partial charge in [0.2, 0.25) is 0 Å². The second-order valence-corrected chi connectivity index (χ2v) is 7.06. The third kappa shape index (κ3) is 3.81. The van der Waals surface area contributed by atoms with Crippen molar-refractivity contribution >= 4 is 22.7 Å². The lowest BCUT2D eigenvalue weighted by molar-refractivity contribution is 0.0536. The number of carbonyl (C=O) groups excluding carboxylic acids is 2. The topological polar surface area (TPSA) is 53.5 Å². The Morgan fingerprint density at radius 3 is 2.07 bits per heavy atom. The molecule has 1 aliphatic rings. The molecule has 1 aliphatic heterocycles. The van der Waals surface area contributed by atoms with Crippen LogP contribution in [0.3, 0.4) is 0 Å². The minimum Gasteiger partial charge on any atom is -0.335 e. The Morgan fingerprint density at radius 1 is 0.828 bits per heavy atom. The number of benzene rings is 2. The van der Waals surface area contributed by atoms with Gasteiger partial charge in [0.1, 0.15) is 11.6 Å². The van der Waals surface area contributed by atoms with Gasteiger partial charge in [-0.05, 0) is 49.4 Å². The number of hydrogen-bond acceptors (Lipinski definition) is 3. The molecular formula is C22H19F2N3O2. The first-order chi connectivity index (χ1) is 13.9. The lowest BCUT2D eigenvalue weighted by Crippen LogP contribution is -2.50. The second kappa shape index (κ2) is 7.58. The highest BCUT2D eigenvalue weighted by Gasteiger charge is 2.26. The summed E-state index contributed by atoms with van der Waals surface area (Å²) in [5, 5.41) is 0.604. The number of aromatic nitrogens is 1. The smallest absolute Gasteiger partial charge is 0.254 e. The molecule has 0 N–H and O–H groups in total. The number of nitrogens with zero attached hydrogens (tertiary/aromatic N) is 3. The van der Waals surface area contributed by atoms with Crippen LogP contribution in [0.25, 0.3) is 10.9 Å². The van der Waals surface area contributed by atoms with Crippen molar-refractivity contribution in [2.24, 2.45) is 0 Å². The van der Waals surface area contributed by atoms with Gasteiger partial charge in [-0.2, -0.15) is 0 Å². The molecule has 4 rings (SSSR count). The molecule has 0 bridgehead atoms. The highest BCUT2D eigenvalue weighted by molar-refractivity contribution is 6.06. The van der Waals surface area contributed by atoms with E-state index in [-0.39, 0.29) is 11.8 Å². The molecule has 0 atom stereocenters. The molecule has 0 radical (unpaired) electrons. The number of piperazine rings is 1. The third-order valence-electron chi connectivity index (χ3n) is 5.08. The minimum absolute atomic E-state index is 0.166. The Hall–Kier alpha value is -3.35. The molecule has 1 saturated heterocycles. The van der Waals surface area contributed by atoms with Gasteiger partial charge < -0.3 is 9.80 Å². The van der Waals surface area contributed by atoms with E-state index in [1.54, 1.807) is 28.9 Å². The van der Waals surface area contributed by atoms with Gasteiger partial charge in [0.25, 0.3) is 11.8 Å². The van der Waals surface area contributed by atoms with Gasteiger partial charge in [-0.1, -0.05) is 0 Å². The fraction of sp³-hybridized carbons (Fsp3) is 0.227. The van der Waals surface area contributed by atoms with Crippen molar-refractivity contribution in [3.8, 4) is 0 Å². The SMILES string of the molecule is Cc1cc(C(=O)N2CCN(C(=O)c3ccc(F)cc3)CC2)c2ccc(F)cc2n1. The summed E-state index contributed by atoms with van der Waals surface area (Å²) in [5.74, 6) is -1.14. The summed E-state index contributed by atoms with van der Waals surface area (Å²) in [6.45, 7) is 3.31. The van der Waals surface area contributed by atoms with Crippen molar-refractivity contribution < 1.29 is 18.4 Å². The standard InChI is InChI=1S/C22H19F2N3O2/c1-14-12-19(18-7-6-17(24)13-20(18)25-14)22(29)27-10-8-26(9-11-27)21(28)15-2-4-16(23)5-3-15/h2-7,12-13H,8-11H2,1H3. The number of amides is 2. The molecule has 7 heteroatoms. The first-order valence-corrected chi connectivity index (χ1v) is 9.33. The quantitative estimate of drug-likeness (QED) is 0.668. The van der Waals surface area contributed by atoms with Gasteiger partial charge in [-0.3, -0.25) is 14.6 Å². The lowest BCUT2D eigenvalue weighted by Gasteiger charge is -2.35. The molecule has 1 fully saturated rings. The molecule has 0 aliphatic carbocycles. The summed E-state index contributed by atoms with van der Waals surface area (Å²) < 4.78 is 26.6. The van der Waals surface area contributed by atoms with Crippen molar-refractivity contribution in [1.82, 2.24) is 14.8 Å². The van der Waals surface area contributed by atoms with E-state index >= 15 is 0 Å². The Bertz CT molecular complexity index is 1090. The Kier molecular flexibility index (Phi) is 4.96. The van der Waals surface area contributed by atoms with Crippen LogP contribution in [0.4, 0.5) is 8.78 Å². The van der Waals surface area contributed by atoms with Gasteiger partial charge in [0.05, 0.1) is 11.1 Å². The van der Waals surface area contributed by atoms with Crippen LogP contribution in [0.15, 0.2) is 48.5 Å². The van der Waals surface area contributed by atoms with Crippen molar-refractivity contribution in [3.05, 3.63) is 77.0 Å². The monoisotopic (exact) mass is 395 g/mol. The predicted molar refractivity (Wildman–Crippen MR) is 105 cm³/mol.